The fourth-order valence-electron chi connectivity index (χ4n) is 3.32. The molecule has 0 amide bonds. The number of rotatable bonds is 9. The van der Waals surface area contributed by atoms with Gasteiger partial charge in [-0.05, 0) is 48.9 Å². The van der Waals surface area contributed by atoms with E-state index in [-0.39, 0.29) is 25.5 Å². The van der Waals surface area contributed by atoms with Crippen molar-refractivity contribution in [3.63, 3.8) is 0 Å². The smallest absolute Gasteiger partial charge is 0.354 e. The molecular formula is C25H23N5O5. The maximum Gasteiger partial charge on any atom is 0.354 e. The van der Waals surface area contributed by atoms with Crippen LogP contribution in [0.2, 0.25) is 0 Å². The number of carbonyl (C=O) groups is 1. The van der Waals surface area contributed by atoms with Gasteiger partial charge in [-0.25, -0.2) is 14.2 Å². The van der Waals surface area contributed by atoms with E-state index >= 15 is 0 Å². The lowest BCUT2D eigenvalue weighted by Gasteiger charge is -2.16. The van der Waals surface area contributed by atoms with Crippen LogP contribution in [-0.2, 0) is 17.9 Å². The second-order valence-corrected chi connectivity index (χ2v) is 7.81. The summed E-state index contributed by atoms with van der Waals surface area (Å²) in [6, 6.07) is 18.1. The van der Waals surface area contributed by atoms with Crippen LogP contribution in [0.5, 0.6) is 11.5 Å². The molecule has 0 fully saturated rings. The van der Waals surface area contributed by atoms with E-state index in [9.17, 15) is 14.4 Å². The van der Waals surface area contributed by atoms with Crippen LogP contribution in [-0.4, -0.2) is 30.2 Å². The third-order valence-corrected chi connectivity index (χ3v) is 5.14. The van der Waals surface area contributed by atoms with Crippen molar-refractivity contribution in [2.24, 2.45) is 0 Å². The van der Waals surface area contributed by atoms with Gasteiger partial charge in [0.2, 0.25) is 5.95 Å². The van der Waals surface area contributed by atoms with Crippen LogP contribution in [0, 0.1) is 6.92 Å². The van der Waals surface area contributed by atoms with Crippen molar-refractivity contribution < 1.29 is 14.6 Å². The second kappa shape index (κ2) is 10.5. The van der Waals surface area contributed by atoms with Crippen molar-refractivity contribution >= 4 is 17.6 Å². The third-order valence-electron chi connectivity index (χ3n) is 5.14. The number of carboxylic acids is 1. The van der Waals surface area contributed by atoms with E-state index in [4.69, 9.17) is 9.84 Å². The molecule has 0 saturated heterocycles. The van der Waals surface area contributed by atoms with E-state index in [2.05, 4.69) is 15.3 Å². The molecule has 2 heterocycles. The van der Waals surface area contributed by atoms with Crippen LogP contribution in [0.4, 0.5) is 11.6 Å². The molecule has 2 aromatic carbocycles. The Bertz CT molecular complexity index is 1430. The molecule has 2 N–H and O–H groups in total. The summed E-state index contributed by atoms with van der Waals surface area (Å²) in [7, 11) is 0. The molecule has 0 spiro atoms. The molecule has 178 valence electrons. The third kappa shape index (κ3) is 5.99. The molecule has 4 rings (SSSR count). The van der Waals surface area contributed by atoms with E-state index in [0.717, 1.165) is 15.7 Å². The highest BCUT2D eigenvalue weighted by Gasteiger charge is 2.15. The zero-order valence-corrected chi connectivity index (χ0v) is 18.9. The van der Waals surface area contributed by atoms with Gasteiger partial charge in [0.1, 0.15) is 11.5 Å². The number of hydrogen-bond donors (Lipinski definition) is 2. The monoisotopic (exact) mass is 473 g/mol. The van der Waals surface area contributed by atoms with Crippen LogP contribution in [0.3, 0.4) is 0 Å². The highest BCUT2D eigenvalue weighted by Crippen LogP contribution is 2.23. The number of aliphatic carboxylic acids is 1. The Morgan fingerprint density at radius 1 is 1.00 bits per heavy atom. The predicted octanol–water partition coefficient (Wildman–Crippen LogP) is 3.17. The summed E-state index contributed by atoms with van der Waals surface area (Å²) in [6.45, 7) is 1.83. The molecule has 0 aliphatic heterocycles. The number of nitrogens with one attached hydrogen (secondary N) is 1. The Morgan fingerprint density at radius 2 is 1.74 bits per heavy atom. The summed E-state index contributed by atoms with van der Waals surface area (Å²) in [6.07, 6.45) is 2.88. The van der Waals surface area contributed by atoms with Crippen molar-refractivity contribution in [2.45, 2.75) is 26.4 Å². The van der Waals surface area contributed by atoms with E-state index in [1.807, 2.05) is 31.2 Å². The Kier molecular flexibility index (Phi) is 7.01. The Labute approximate surface area is 200 Å². The van der Waals surface area contributed by atoms with Gasteiger partial charge in [-0.15, -0.1) is 0 Å². The average Bonchev–Trinajstić information content (AvgIpc) is 2.84. The lowest BCUT2D eigenvalue weighted by molar-refractivity contribution is -0.137. The molecule has 0 unspecified atom stereocenters. The van der Waals surface area contributed by atoms with Gasteiger partial charge >= 0.3 is 17.3 Å². The highest BCUT2D eigenvalue weighted by atomic mass is 16.5. The first kappa shape index (κ1) is 23.4. The minimum Gasteiger partial charge on any atom is -0.481 e. The summed E-state index contributed by atoms with van der Waals surface area (Å²) in [5, 5.41) is 12.0. The summed E-state index contributed by atoms with van der Waals surface area (Å²) in [5.74, 6) is 0.106. The van der Waals surface area contributed by atoms with Crippen LogP contribution in [0.25, 0.3) is 0 Å². The number of anilines is 2. The topological polar surface area (TPSA) is 128 Å². The number of hydrogen-bond acceptors (Lipinski definition) is 7. The van der Waals surface area contributed by atoms with Gasteiger partial charge in [0, 0.05) is 18.4 Å². The molecule has 0 atom stereocenters. The molecule has 0 saturated carbocycles. The van der Waals surface area contributed by atoms with Crippen molar-refractivity contribution in [3.05, 3.63) is 105 Å². The molecule has 10 nitrogen and oxygen atoms in total. The fraction of sp³-hybridized carbons (Fsp3) is 0.160. The maximum atomic E-state index is 13.2. The van der Waals surface area contributed by atoms with Crippen LogP contribution in [0.1, 0.15) is 17.5 Å². The maximum absolute atomic E-state index is 13.2. The lowest BCUT2D eigenvalue weighted by atomic mass is 10.1. The fourth-order valence-corrected chi connectivity index (χ4v) is 3.32. The summed E-state index contributed by atoms with van der Waals surface area (Å²) >= 11 is 0. The van der Waals surface area contributed by atoms with Gasteiger partial charge in [-0.3, -0.25) is 14.3 Å². The molecule has 10 heteroatoms. The number of carboxylic acid groups (broad SMARTS) is 1. The zero-order chi connectivity index (χ0) is 24.8. The molecular weight excluding hydrogens is 450 g/mol. The van der Waals surface area contributed by atoms with Crippen molar-refractivity contribution in [2.75, 3.05) is 5.32 Å². The molecule has 2 aromatic heterocycles. The Hall–Kier alpha value is -4.73. The number of ether oxygens (including phenoxy) is 1. The molecule has 35 heavy (non-hydrogen) atoms. The van der Waals surface area contributed by atoms with Crippen molar-refractivity contribution in [1.82, 2.24) is 19.1 Å². The summed E-state index contributed by atoms with van der Waals surface area (Å²) in [5.41, 5.74) is 1.00. The van der Waals surface area contributed by atoms with E-state index in [1.54, 1.807) is 48.8 Å². The number of benzene rings is 2. The lowest BCUT2D eigenvalue weighted by Crippen LogP contribution is -2.43. The average molecular weight is 473 g/mol. The van der Waals surface area contributed by atoms with Crippen LogP contribution < -0.4 is 21.4 Å². The first-order valence-corrected chi connectivity index (χ1v) is 10.8. The first-order valence-electron chi connectivity index (χ1n) is 10.8. The van der Waals surface area contributed by atoms with Gasteiger partial charge in [-0.1, -0.05) is 29.8 Å². The minimum absolute atomic E-state index is 0.0491. The molecule has 0 radical (unpaired) electrons. The van der Waals surface area contributed by atoms with Gasteiger partial charge in [-0.2, -0.15) is 4.98 Å². The van der Waals surface area contributed by atoms with Crippen LogP contribution in [0.15, 0.2) is 82.6 Å². The minimum atomic E-state index is -1.11. The number of aryl methyl sites for hydroxylation is 1. The van der Waals surface area contributed by atoms with E-state index in [0.29, 0.717) is 17.2 Å². The largest absolute Gasteiger partial charge is 0.481 e. The standard InChI is InChI=1S/C25H23N5O5/c1-17-4-6-18(7-5-17)16-30-23(28-24(33)29(25(30)34)14-12-22(31)32)27-19-8-10-20(11-9-19)35-21-3-2-13-26-15-21/h2-11,13,15H,12,14,16H2,1H3,(H,31,32)(H,27,28,33). The molecule has 4 aromatic rings. The van der Waals surface area contributed by atoms with Crippen LogP contribution >= 0.6 is 0 Å². The Morgan fingerprint density at radius 3 is 2.40 bits per heavy atom. The second-order valence-electron chi connectivity index (χ2n) is 7.81. The van der Waals surface area contributed by atoms with Crippen molar-refractivity contribution in [3.8, 4) is 11.5 Å². The molecule has 0 aliphatic rings. The van der Waals surface area contributed by atoms with Gasteiger partial charge in [0.05, 0.1) is 19.2 Å². The zero-order valence-electron chi connectivity index (χ0n) is 18.9. The van der Waals surface area contributed by atoms with Crippen molar-refractivity contribution in [1.29, 1.82) is 0 Å². The van der Waals surface area contributed by atoms with Gasteiger partial charge < -0.3 is 15.2 Å². The number of nitrogens with zero attached hydrogens (tertiary/aromatic N) is 4. The Balaban J connectivity index is 1.64. The highest BCUT2D eigenvalue weighted by molar-refractivity contribution is 5.66. The quantitative estimate of drug-likeness (QED) is 0.379. The summed E-state index contributed by atoms with van der Waals surface area (Å²) in [4.78, 5) is 44.7. The molecule has 0 bridgehead atoms. The molecule has 0 aliphatic carbocycles. The number of aromatic nitrogens is 4. The normalized spacial score (nSPS) is 10.7. The predicted molar refractivity (Wildman–Crippen MR) is 129 cm³/mol. The van der Waals surface area contributed by atoms with Gasteiger partial charge in [0.15, 0.2) is 0 Å². The SMILES string of the molecule is Cc1ccc(Cn2c(Nc3ccc(Oc4cccnc4)cc3)nc(=O)n(CCC(=O)O)c2=O)cc1. The summed E-state index contributed by atoms with van der Waals surface area (Å²) < 4.78 is 7.88. The van der Waals surface area contributed by atoms with E-state index in [1.165, 1.54) is 4.57 Å². The van der Waals surface area contributed by atoms with Gasteiger partial charge in [0.25, 0.3) is 0 Å². The first-order chi connectivity index (χ1) is 16.9. The number of pyridine rings is 1. The van der Waals surface area contributed by atoms with E-state index < -0.39 is 17.3 Å².